The minimum absolute atomic E-state index is 0.271. The first-order valence-corrected chi connectivity index (χ1v) is 7.08. The molecule has 2 nitrogen and oxygen atoms in total. The van der Waals surface area contributed by atoms with Crippen molar-refractivity contribution < 1.29 is 5.11 Å². The second-order valence-corrected chi connectivity index (χ2v) is 5.75. The van der Waals surface area contributed by atoms with Crippen molar-refractivity contribution in [1.29, 1.82) is 0 Å². The van der Waals surface area contributed by atoms with Crippen molar-refractivity contribution in [1.82, 2.24) is 5.32 Å². The summed E-state index contributed by atoms with van der Waals surface area (Å²) < 4.78 is 0. The van der Waals surface area contributed by atoms with E-state index in [9.17, 15) is 5.11 Å². The van der Waals surface area contributed by atoms with Crippen LogP contribution in [-0.4, -0.2) is 17.3 Å². The third-order valence-electron chi connectivity index (χ3n) is 3.36. The van der Waals surface area contributed by atoms with E-state index in [4.69, 9.17) is 0 Å². The Bertz CT molecular complexity index is 590. The van der Waals surface area contributed by atoms with Gasteiger partial charge in [0.15, 0.2) is 0 Å². The maximum Gasteiger partial charge on any atom is 0.0772 e. The van der Waals surface area contributed by atoms with Crippen LogP contribution in [0.15, 0.2) is 54.6 Å². The molecule has 0 bridgehead atoms. The molecule has 0 aliphatic rings. The summed E-state index contributed by atoms with van der Waals surface area (Å²) in [5, 5.41) is 15.7. The molecule has 0 aliphatic carbocycles. The lowest BCUT2D eigenvalue weighted by atomic mass is 10.00. The Morgan fingerprint density at radius 2 is 1.85 bits per heavy atom. The quantitative estimate of drug-likeness (QED) is 0.809. The van der Waals surface area contributed by atoms with Gasteiger partial charge in [-0.1, -0.05) is 54.6 Å². The summed E-state index contributed by atoms with van der Waals surface area (Å²) >= 11 is 0. The molecule has 0 spiro atoms. The van der Waals surface area contributed by atoms with Crippen molar-refractivity contribution in [2.45, 2.75) is 32.4 Å². The van der Waals surface area contributed by atoms with Crippen molar-refractivity contribution >= 4 is 10.8 Å². The van der Waals surface area contributed by atoms with Gasteiger partial charge in [-0.15, -0.1) is 0 Å². The Morgan fingerprint density at radius 3 is 2.60 bits per heavy atom. The maximum absolute atomic E-state index is 9.63. The number of aliphatic hydroxyl groups is 1. The van der Waals surface area contributed by atoms with E-state index in [2.05, 4.69) is 54.7 Å². The van der Waals surface area contributed by atoms with E-state index in [1.165, 1.54) is 16.3 Å². The molecule has 0 fully saturated rings. The highest BCUT2D eigenvalue weighted by Gasteiger charge is 2.08. The summed E-state index contributed by atoms with van der Waals surface area (Å²) in [7, 11) is 0. The Labute approximate surface area is 121 Å². The molecule has 20 heavy (non-hydrogen) atoms. The summed E-state index contributed by atoms with van der Waals surface area (Å²) in [4.78, 5) is 0. The van der Waals surface area contributed by atoms with Crippen molar-refractivity contribution in [2.24, 2.45) is 0 Å². The molecule has 1 atom stereocenters. The molecule has 2 aromatic carbocycles. The highest BCUT2D eigenvalue weighted by Crippen LogP contribution is 2.23. The molecular formula is C18H23NO. The van der Waals surface area contributed by atoms with Gasteiger partial charge in [-0.3, -0.25) is 0 Å². The maximum atomic E-state index is 9.63. The lowest BCUT2D eigenvalue weighted by Gasteiger charge is -2.16. The molecule has 2 N–H and O–H groups in total. The van der Waals surface area contributed by atoms with Crippen LogP contribution in [0, 0.1) is 0 Å². The smallest absolute Gasteiger partial charge is 0.0772 e. The first kappa shape index (κ1) is 14.8. The number of hydrogen-bond donors (Lipinski definition) is 2. The number of benzene rings is 2. The van der Waals surface area contributed by atoms with Crippen LogP contribution in [0.4, 0.5) is 0 Å². The summed E-state index contributed by atoms with van der Waals surface area (Å²) in [6, 6.07) is 15.1. The van der Waals surface area contributed by atoms with Crippen LogP contribution in [0.1, 0.15) is 32.4 Å². The average molecular weight is 269 g/mol. The minimum Gasteiger partial charge on any atom is -0.386 e. The van der Waals surface area contributed by atoms with Crippen LogP contribution in [-0.2, 0) is 0 Å². The largest absolute Gasteiger partial charge is 0.386 e. The summed E-state index contributed by atoms with van der Waals surface area (Å²) in [6.45, 7) is 6.46. The van der Waals surface area contributed by atoms with Crippen LogP contribution in [0.5, 0.6) is 0 Å². The van der Waals surface area contributed by atoms with E-state index >= 15 is 0 Å². The molecule has 0 heterocycles. The molecule has 0 saturated carbocycles. The van der Waals surface area contributed by atoms with Crippen molar-refractivity contribution in [3.63, 3.8) is 0 Å². The first-order valence-electron chi connectivity index (χ1n) is 7.08. The molecular weight excluding hydrogens is 246 g/mol. The topological polar surface area (TPSA) is 32.3 Å². The first-order chi connectivity index (χ1) is 9.47. The van der Waals surface area contributed by atoms with Crippen LogP contribution in [0.25, 0.3) is 10.8 Å². The van der Waals surface area contributed by atoms with Gasteiger partial charge in [-0.25, -0.2) is 0 Å². The van der Waals surface area contributed by atoms with Gasteiger partial charge >= 0.3 is 0 Å². The predicted octanol–water partition coefficient (Wildman–Crippen LogP) is 3.82. The monoisotopic (exact) mass is 269 g/mol. The number of hydrogen-bond acceptors (Lipinski definition) is 2. The van der Waals surface area contributed by atoms with Crippen molar-refractivity contribution in [2.75, 3.05) is 6.54 Å². The van der Waals surface area contributed by atoms with E-state index in [0.29, 0.717) is 0 Å². The Kier molecular flexibility index (Phi) is 4.58. The van der Waals surface area contributed by atoms with Gasteiger partial charge in [0.1, 0.15) is 0 Å². The zero-order chi connectivity index (χ0) is 14.6. The fourth-order valence-electron chi connectivity index (χ4n) is 2.33. The molecule has 2 heteroatoms. The molecule has 106 valence electrons. The minimum atomic E-state index is -0.746. The Morgan fingerprint density at radius 1 is 1.15 bits per heavy atom. The third-order valence-corrected chi connectivity index (χ3v) is 3.36. The fraction of sp³-hybridized carbons (Fsp3) is 0.333. The summed E-state index contributed by atoms with van der Waals surface area (Å²) in [6.07, 6.45) is 3.79. The van der Waals surface area contributed by atoms with E-state index in [0.717, 1.165) is 6.54 Å². The van der Waals surface area contributed by atoms with Crippen LogP contribution in [0.2, 0.25) is 0 Å². The number of fused-ring (bicyclic) bond motifs is 1. The van der Waals surface area contributed by atoms with Crippen LogP contribution < -0.4 is 5.32 Å². The molecule has 2 rings (SSSR count). The van der Waals surface area contributed by atoms with E-state index in [1.807, 2.05) is 12.2 Å². The lowest BCUT2D eigenvalue weighted by molar-refractivity contribution is 0.133. The molecule has 0 unspecified atom stereocenters. The van der Waals surface area contributed by atoms with Crippen molar-refractivity contribution in [3.8, 4) is 0 Å². The highest BCUT2D eigenvalue weighted by atomic mass is 16.3. The van der Waals surface area contributed by atoms with E-state index < -0.39 is 5.60 Å². The predicted molar refractivity (Wildman–Crippen MR) is 85.8 cm³/mol. The van der Waals surface area contributed by atoms with Crippen LogP contribution >= 0.6 is 0 Å². The molecule has 0 amide bonds. The number of nitrogens with one attached hydrogen (secondary N) is 1. The molecule has 0 radical (unpaired) electrons. The van der Waals surface area contributed by atoms with Gasteiger partial charge in [0.25, 0.3) is 0 Å². The second-order valence-electron chi connectivity index (χ2n) is 5.75. The van der Waals surface area contributed by atoms with E-state index in [1.54, 1.807) is 13.8 Å². The van der Waals surface area contributed by atoms with Gasteiger partial charge in [0.2, 0.25) is 0 Å². The van der Waals surface area contributed by atoms with Crippen LogP contribution in [0.3, 0.4) is 0 Å². The summed E-state index contributed by atoms with van der Waals surface area (Å²) in [5.74, 6) is 0. The molecule has 0 aromatic heterocycles. The molecule has 0 aliphatic heterocycles. The molecule has 2 aromatic rings. The second kappa shape index (κ2) is 6.21. The standard InChI is InChI=1S/C18H23NO/c1-14(19-13-7-12-18(2,3)20)16-11-6-9-15-8-4-5-10-17(15)16/h4-12,14,19-20H,13H2,1-3H3/b12-7-/t14-/m1/s1. The zero-order valence-electron chi connectivity index (χ0n) is 12.4. The average Bonchev–Trinajstić information content (AvgIpc) is 2.41. The zero-order valence-corrected chi connectivity index (χ0v) is 12.4. The van der Waals surface area contributed by atoms with Gasteiger partial charge in [-0.2, -0.15) is 0 Å². The summed E-state index contributed by atoms with van der Waals surface area (Å²) in [5.41, 5.74) is 0.560. The van der Waals surface area contributed by atoms with Gasteiger partial charge in [0, 0.05) is 12.6 Å². The number of rotatable bonds is 5. The third kappa shape index (κ3) is 3.92. The van der Waals surface area contributed by atoms with E-state index in [-0.39, 0.29) is 6.04 Å². The van der Waals surface area contributed by atoms with Gasteiger partial charge in [-0.05, 0) is 37.1 Å². The lowest BCUT2D eigenvalue weighted by Crippen LogP contribution is -2.20. The Balaban J connectivity index is 2.08. The Hall–Kier alpha value is -1.64. The fourth-order valence-corrected chi connectivity index (χ4v) is 2.33. The van der Waals surface area contributed by atoms with Crippen molar-refractivity contribution in [3.05, 3.63) is 60.2 Å². The SMILES string of the molecule is C[C@@H](NC/C=C\C(C)(C)O)c1cccc2ccccc12. The highest BCUT2D eigenvalue weighted by molar-refractivity contribution is 5.86. The van der Waals surface area contributed by atoms with Gasteiger partial charge in [0.05, 0.1) is 5.60 Å². The molecule has 0 saturated heterocycles. The van der Waals surface area contributed by atoms with Gasteiger partial charge < -0.3 is 10.4 Å². The normalized spacial score (nSPS) is 14.0.